The van der Waals surface area contributed by atoms with Crippen molar-refractivity contribution in [1.29, 1.82) is 0 Å². The second kappa shape index (κ2) is 5.19. The van der Waals surface area contributed by atoms with E-state index in [0.29, 0.717) is 5.82 Å². The van der Waals surface area contributed by atoms with Crippen molar-refractivity contribution in [2.75, 3.05) is 5.73 Å². The van der Waals surface area contributed by atoms with Gasteiger partial charge >= 0.3 is 0 Å². The number of nitrogen functional groups attached to an aromatic ring is 1. The van der Waals surface area contributed by atoms with Crippen molar-refractivity contribution in [2.24, 2.45) is 0 Å². The molecule has 0 unspecified atom stereocenters. The van der Waals surface area contributed by atoms with Gasteiger partial charge in [0.05, 0.1) is 0 Å². The van der Waals surface area contributed by atoms with Crippen LogP contribution in [0.2, 0.25) is 0 Å². The first-order valence-electron chi connectivity index (χ1n) is 5.59. The fourth-order valence-corrected chi connectivity index (χ4v) is 3.11. The van der Waals surface area contributed by atoms with Gasteiger partial charge in [-0.25, -0.2) is 9.97 Å². The maximum Gasteiger partial charge on any atom is 0.180 e. The normalized spacial score (nSPS) is 11.2. The molecule has 0 aliphatic heterocycles. The summed E-state index contributed by atoms with van der Waals surface area (Å²) < 4.78 is 0.878. The van der Waals surface area contributed by atoms with Gasteiger partial charge in [-0.2, -0.15) is 0 Å². The van der Waals surface area contributed by atoms with Gasteiger partial charge in [0, 0.05) is 11.5 Å². The molecule has 0 saturated heterocycles. The number of anilines is 1. The van der Waals surface area contributed by atoms with E-state index in [4.69, 9.17) is 5.73 Å². The summed E-state index contributed by atoms with van der Waals surface area (Å²) in [5.74, 6) is 1.56. The maximum atomic E-state index is 5.92. The van der Waals surface area contributed by atoms with Crippen molar-refractivity contribution in [1.82, 2.24) is 20.2 Å². The highest BCUT2D eigenvalue weighted by Crippen LogP contribution is 2.32. The lowest BCUT2D eigenvalue weighted by Gasteiger charge is -2.10. The van der Waals surface area contributed by atoms with Crippen molar-refractivity contribution >= 4 is 28.9 Å². The standard InChI is InChI=1S/C11H15N5S2/c1-5(2)9-13-8(12)6(3)10(14-9)18-11-16-15-7(4)17-11/h5H,1-4H3,(H2,12,13,14). The first-order chi connectivity index (χ1) is 8.47. The van der Waals surface area contributed by atoms with Gasteiger partial charge in [0.25, 0.3) is 0 Å². The fourth-order valence-electron chi connectivity index (χ4n) is 1.29. The summed E-state index contributed by atoms with van der Waals surface area (Å²) in [5, 5.41) is 9.89. The minimum absolute atomic E-state index is 0.253. The van der Waals surface area contributed by atoms with Crippen molar-refractivity contribution in [3.8, 4) is 0 Å². The lowest BCUT2D eigenvalue weighted by Crippen LogP contribution is -2.05. The van der Waals surface area contributed by atoms with Crippen LogP contribution in [-0.2, 0) is 0 Å². The fraction of sp³-hybridized carbons (Fsp3) is 0.455. The molecule has 0 aliphatic carbocycles. The van der Waals surface area contributed by atoms with E-state index in [-0.39, 0.29) is 5.92 Å². The first kappa shape index (κ1) is 13.2. The molecule has 0 aliphatic rings. The second-order valence-corrected chi connectivity index (χ2v) is 6.66. The highest BCUT2D eigenvalue weighted by Gasteiger charge is 2.14. The smallest absolute Gasteiger partial charge is 0.180 e. The van der Waals surface area contributed by atoms with Gasteiger partial charge in [-0.1, -0.05) is 25.2 Å². The summed E-state index contributed by atoms with van der Waals surface area (Å²) in [6.07, 6.45) is 0. The molecule has 0 spiro atoms. The van der Waals surface area contributed by atoms with Crippen LogP contribution in [0.5, 0.6) is 0 Å². The first-order valence-corrected chi connectivity index (χ1v) is 7.22. The molecule has 0 fully saturated rings. The number of rotatable bonds is 3. The maximum absolute atomic E-state index is 5.92. The molecule has 96 valence electrons. The van der Waals surface area contributed by atoms with Gasteiger partial charge < -0.3 is 5.73 Å². The minimum Gasteiger partial charge on any atom is -0.383 e. The molecule has 0 amide bonds. The largest absolute Gasteiger partial charge is 0.383 e. The number of aryl methyl sites for hydroxylation is 1. The Morgan fingerprint density at radius 1 is 1.17 bits per heavy atom. The number of hydrogen-bond donors (Lipinski definition) is 1. The van der Waals surface area contributed by atoms with Crippen LogP contribution >= 0.6 is 23.1 Å². The van der Waals surface area contributed by atoms with Crippen molar-refractivity contribution < 1.29 is 0 Å². The molecule has 2 aromatic heterocycles. The number of aromatic nitrogens is 4. The zero-order valence-corrected chi connectivity index (χ0v) is 12.4. The molecule has 2 N–H and O–H groups in total. The second-order valence-electron chi connectivity index (χ2n) is 4.24. The molecule has 2 aromatic rings. The summed E-state index contributed by atoms with van der Waals surface area (Å²) in [6.45, 7) is 7.96. The predicted octanol–water partition coefficient (Wildman–Crippen LogP) is 2.80. The Morgan fingerprint density at radius 2 is 1.89 bits per heavy atom. The molecule has 7 heteroatoms. The van der Waals surface area contributed by atoms with E-state index in [1.165, 1.54) is 11.8 Å². The average molecular weight is 281 g/mol. The Morgan fingerprint density at radius 3 is 2.44 bits per heavy atom. The molecular formula is C11H15N5S2. The SMILES string of the molecule is Cc1nnc(Sc2nc(C(C)C)nc(N)c2C)s1. The quantitative estimate of drug-likeness (QED) is 0.872. The van der Waals surface area contributed by atoms with E-state index in [2.05, 4.69) is 20.2 Å². The van der Waals surface area contributed by atoms with E-state index in [1.807, 2.05) is 27.7 Å². The molecule has 0 saturated carbocycles. The topological polar surface area (TPSA) is 77.6 Å². The van der Waals surface area contributed by atoms with Crippen LogP contribution < -0.4 is 5.73 Å². The molecule has 18 heavy (non-hydrogen) atoms. The summed E-state index contributed by atoms with van der Waals surface area (Å²) in [7, 11) is 0. The zero-order chi connectivity index (χ0) is 13.3. The molecule has 5 nitrogen and oxygen atoms in total. The van der Waals surface area contributed by atoms with E-state index in [1.54, 1.807) is 11.3 Å². The predicted molar refractivity (Wildman–Crippen MR) is 74.0 cm³/mol. The van der Waals surface area contributed by atoms with Gasteiger partial charge in [0.15, 0.2) is 4.34 Å². The van der Waals surface area contributed by atoms with Gasteiger partial charge in [0.2, 0.25) is 0 Å². The molecule has 0 atom stereocenters. The Labute approximate surface area is 114 Å². The molecule has 0 radical (unpaired) electrons. The van der Waals surface area contributed by atoms with E-state index < -0.39 is 0 Å². The summed E-state index contributed by atoms with van der Waals surface area (Å²) in [6, 6.07) is 0. The zero-order valence-electron chi connectivity index (χ0n) is 10.8. The van der Waals surface area contributed by atoms with Crippen LogP contribution in [0.3, 0.4) is 0 Å². The van der Waals surface area contributed by atoms with Crippen LogP contribution in [0, 0.1) is 13.8 Å². The van der Waals surface area contributed by atoms with E-state index >= 15 is 0 Å². The third-order valence-corrected chi connectivity index (χ3v) is 4.34. The summed E-state index contributed by atoms with van der Waals surface area (Å²) in [4.78, 5) is 8.85. The Kier molecular flexibility index (Phi) is 3.82. The van der Waals surface area contributed by atoms with Gasteiger partial charge in [-0.05, 0) is 25.6 Å². The van der Waals surface area contributed by atoms with Gasteiger partial charge in [0.1, 0.15) is 21.7 Å². The molecule has 2 rings (SSSR count). The highest BCUT2D eigenvalue weighted by molar-refractivity contribution is 8.01. The summed E-state index contributed by atoms with van der Waals surface area (Å²) >= 11 is 3.05. The van der Waals surface area contributed by atoms with Crippen molar-refractivity contribution in [2.45, 2.75) is 43.0 Å². The molecular weight excluding hydrogens is 266 g/mol. The van der Waals surface area contributed by atoms with Crippen molar-refractivity contribution in [3.63, 3.8) is 0 Å². The Hall–Kier alpha value is -1.21. The van der Waals surface area contributed by atoms with Gasteiger partial charge in [-0.3, -0.25) is 0 Å². The van der Waals surface area contributed by atoms with Crippen LogP contribution in [0.25, 0.3) is 0 Å². The van der Waals surface area contributed by atoms with Gasteiger partial charge in [-0.15, -0.1) is 10.2 Å². The molecule has 0 bridgehead atoms. The highest BCUT2D eigenvalue weighted by atomic mass is 32.2. The van der Waals surface area contributed by atoms with Crippen LogP contribution in [0.4, 0.5) is 5.82 Å². The molecule has 0 aromatic carbocycles. The van der Waals surface area contributed by atoms with Crippen LogP contribution in [-0.4, -0.2) is 20.2 Å². The van der Waals surface area contributed by atoms with E-state index in [0.717, 1.165) is 25.8 Å². The third kappa shape index (κ3) is 2.78. The minimum atomic E-state index is 0.253. The monoisotopic (exact) mass is 281 g/mol. The number of nitrogens with zero attached hydrogens (tertiary/aromatic N) is 4. The lowest BCUT2D eigenvalue weighted by molar-refractivity contribution is 0.751. The van der Waals surface area contributed by atoms with Crippen molar-refractivity contribution in [3.05, 3.63) is 16.4 Å². The number of hydrogen-bond acceptors (Lipinski definition) is 7. The summed E-state index contributed by atoms with van der Waals surface area (Å²) in [5.41, 5.74) is 6.82. The Balaban J connectivity index is 2.37. The Bertz CT molecular complexity index is 565. The third-order valence-electron chi connectivity index (χ3n) is 2.36. The van der Waals surface area contributed by atoms with Crippen LogP contribution in [0.15, 0.2) is 9.37 Å². The lowest BCUT2D eigenvalue weighted by atomic mass is 10.2. The molecule has 2 heterocycles. The van der Waals surface area contributed by atoms with E-state index in [9.17, 15) is 0 Å². The number of nitrogens with two attached hydrogens (primary N) is 1. The van der Waals surface area contributed by atoms with Crippen LogP contribution in [0.1, 0.15) is 36.2 Å². The average Bonchev–Trinajstić information content (AvgIpc) is 2.70.